The average molecular weight is 336 g/mol. The molecule has 0 amide bonds. The summed E-state index contributed by atoms with van der Waals surface area (Å²) in [6.45, 7) is 0. The largest absolute Gasteiger partial charge is 0.294 e. The van der Waals surface area contributed by atoms with E-state index >= 15 is 0 Å². The van der Waals surface area contributed by atoms with Crippen LogP contribution in [-0.2, 0) is 0 Å². The van der Waals surface area contributed by atoms with Crippen LogP contribution in [-0.4, -0.2) is 0 Å². The highest BCUT2D eigenvalue weighted by Crippen LogP contribution is 2.27. The van der Waals surface area contributed by atoms with Crippen LogP contribution in [0, 0.1) is 0 Å². The maximum Gasteiger partial charge on any atom is 0.0630 e. The van der Waals surface area contributed by atoms with Crippen molar-refractivity contribution in [2.24, 2.45) is 0 Å². The first-order chi connectivity index (χ1) is 12.9. The second-order valence-corrected chi connectivity index (χ2v) is 6.06. The summed E-state index contributed by atoms with van der Waals surface area (Å²) in [7, 11) is 0. The summed E-state index contributed by atoms with van der Waals surface area (Å²) in [6.07, 6.45) is 0. The normalized spacial score (nSPS) is 10.3. The summed E-state index contributed by atoms with van der Waals surface area (Å²) in [4.78, 5) is 0. The number of anilines is 3. The van der Waals surface area contributed by atoms with Gasteiger partial charge in [0, 0.05) is 0 Å². The van der Waals surface area contributed by atoms with Crippen LogP contribution in [0.25, 0.3) is 11.1 Å². The molecule has 126 valence electrons. The molecule has 0 fully saturated rings. The Labute approximate surface area is 154 Å². The van der Waals surface area contributed by atoms with Crippen molar-refractivity contribution in [1.29, 1.82) is 0 Å². The number of benzene rings is 4. The minimum absolute atomic E-state index is 1.04. The predicted octanol–water partition coefficient (Wildman–Crippen LogP) is 6.52. The lowest BCUT2D eigenvalue weighted by atomic mass is 10.1. The molecule has 0 heterocycles. The molecule has 0 aromatic heterocycles. The Balaban J connectivity index is 1.62. The smallest absolute Gasteiger partial charge is 0.0630 e. The number of hydrogen-bond donors (Lipinski definition) is 1. The lowest BCUT2D eigenvalue weighted by Gasteiger charge is -2.26. The van der Waals surface area contributed by atoms with Crippen molar-refractivity contribution in [2.75, 3.05) is 10.4 Å². The molecule has 0 aliphatic heterocycles. The van der Waals surface area contributed by atoms with E-state index in [2.05, 4.69) is 83.2 Å². The second-order valence-electron chi connectivity index (χ2n) is 6.06. The van der Waals surface area contributed by atoms with Gasteiger partial charge in [0.05, 0.1) is 17.1 Å². The number of nitrogens with zero attached hydrogens (tertiary/aromatic N) is 1. The maximum atomic E-state index is 3.52. The molecule has 0 radical (unpaired) electrons. The van der Waals surface area contributed by atoms with Crippen LogP contribution in [0.1, 0.15) is 0 Å². The second kappa shape index (κ2) is 7.58. The van der Waals surface area contributed by atoms with Gasteiger partial charge in [0.2, 0.25) is 0 Å². The van der Waals surface area contributed by atoms with Crippen molar-refractivity contribution in [2.45, 2.75) is 0 Å². The molecule has 4 rings (SSSR count). The standard InChI is InChI=1S/C24H20N2/c1-4-10-20(11-5-1)21-16-18-22(19-17-21)25-26(23-12-6-2-7-13-23)24-14-8-3-9-15-24/h1-19,25H. The molecule has 4 aromatic rings. The van der Waals surface area contributed by atoms with Gasteiger partial charge in [0.25, 0.3) is 0 Å². The van der Waals surface area contributed by atoms with E-state index in [0.29, 0.717) is 0 Å². The Bertz CT molecular complexity index is 894. The highest BCUT2D eigenvalue weighted by Gasteiger charge is 2.09. The third-order valence-corrected chi connectivity index (χ3v) is 4.26. The molecule has 26 heavy (non-hydrogen) atoms. The van der Waals surface area contributed by atoms with Gasteiger partial charge in [-0.1, -0.05) is 78.9 Å². The van der Waals surface area contributed by atoms with Crippen LogP contribution in [0.3, 0.4) is 0 Å². The van der Waals surface area contributed by atoms with Crippen LogP contribution in [0.4, 0.5) is 17.1 Å². The molecule has 4 aromatic carbocycles. The number of hydrogen-bond acceptors (Lipinski definition) is 2. The molecule has 0 aliphatic rings. The molecule has 0 aliphatic carbocycles. The minimum atomic E-state index is 1.04. The van der Waals surface area contributed by atoms with Gasteiger partial charge < -0.3 is 0 Å². The van der Waals surface area contributed by atoms with Crippen molar-refractivity contribution in [1.82, 2.24) is 0 Å². The summed E-state index contributed by atoms with van der Waals surface area (Å²) >= 11 is 0. The van der Waals surface area contributed by atoms with Crippen molar-refractivity contribution in [3.63, 3.8) is 0 Å². The Morgan fingerprint density at radius 3 is 1.35 bits per heavy atom. The fourth-order valence-corrected chi connectivity index (χ4v) is 2.93. The van der Waals surface area contributed by atoms with E-state index in [4.69, 9.17) is 0 Å². The lowest BCUT2D eigenvalue weighted by Crippen LogP contribution is -2.24. The summed E-state index contributed by atoms with van der Waals surface area (Å²) in [5.41, 5.74) is 9.17. The highest BCUT2D eigenvalue weighted by molar-refractivity contribution is 5.70. The van der Waals surface area contributed by atoms with Gasteiger partial charge in [-0.3, -0.25) is 10.4 Å². The van der Waals surface area contributed by atoms with Gasteiger partial charge in [0.1, 0.15) is 0 Å². The average Bonchev–Trinajstić information content (AvgIpc) is 2.74. The van der Waals surface area contributed by atoms with Gasteiger partial charge in [-0.05, 0) is 47.5 Å². The van der Waals surface area contributed by atoms with E-state index in [1.807, 2.05) is 42.5 Å². The number of nitrogens with one attached hydrogen (secondary N) is 1. The Kier molecular flexibility index (Phi) is 4.66. The Morgan fingerprint density at radius 2 is 0.846 bits per heavy atom. The zero-order chi connectivity index (χ0) is 17.6. The quantitative estimate of drug-likeness (QED) is 0.417. The van der Waals surface area contributed by atoms with E-state index in [1.54, 1.807) is 0 Å². The van der Waals surface area contributed by atoms with Crippen LogP contribution in [0.15, 0.2) is 115 Å². The summed E-state index contributed by atoms with van der Waals surface area (Å²) < 4.78 is 0. The van der Waals surface area contributed by atoms with E-state index in [9.17, 15) is 0 Å². The Hall–Kier alpha value is -3.52. The SMILES string of the molecule is c1ccc(-c2ccc(NN(c3ccccc3)c3ccccc3)cc2)cc1. The van der Waals surface area contributed by atoms with E-state index in [0.717, 1.165) is 17.1 Å². The zero-order valence-electron chi connectivity index (χ0n) is 14.4. The van der Waals surface area contributed by atoms with Gasteiger partial charge in [-0.2, -0.15) is 0 Å². The van der Waals surface area contributed by atoms with Crippen LogP contribution in [0.5, 0.6) is 0 Å². The predicted molar refractivity (Wildman–Crippen MR) is 111 cm³/mol. The molecular weight excluding hydrogens is 316 g/mol. The first-order valence-corrected chi connectivity index (χ1v) is 8.72. The van der Waals surface area contributed by atoms with Crippen LogP contribution in [0.2, 0.25) is 0 Å². The zero-order valence-corrected chi connectivity index (χ0v) is 14.4. The number of rotatable bonds is 5. The van der Waals surface area contributed by atoms with Crippen molar-refractivity contribution in [3.8, 4) is 11.1 Å². The number of para-hydroxylation sites is 2. The van der Waals surface area contributed by atoms with Gasteiger partial charge in [-0.15, -0.1) is 0 Å². The summed E-state index contributed by atoms with van der Waals surface area (Å²) in [5.74, 6) is 0. The first kappa shape index (κ1) is 16.0. The van der Waals surface area contributed by atoms with Crippen molar-refractivity contribution >= 4 is 17.1 Å². The third-order valence-electron chi connectivity index (χ3n) is 4.26. The maximum absolute atomic E-state index is 3.52. The van der Waals surface area contributed by atoms with Crippen molar-refractivity contribution in [3.05, 3.63) is 115 Å². The van der Waals surface area contributed by atoms with Crippen molar-refractivity contribution < 1.29 is 0 Å². The molecule has 2 nitrogen and oxygen atoms in total. The van der Waals surface area contributed by atoms with Crippen LogP contribution >= 0.6 is 0 Å². The molecule has 0 bridgehead atoms. The lowest BCUT2D eigenvalue weighted by molar-refractivity contribution is 1.16. The summed E-state index contributed by atoms with van der Waals surface area (Å²) in [5, 5.41) is 2.09. The minimum Gasteiger partial charge on any atom is -0.294 e. The molecule has 0 spiro atoms. The molecule has 0 atom stereocenters. The summed E-state index contributed by atoms with van der Waals surface area (Å²) in [6, 6.07) is 39.6. The van der Waals surface area contributed by atoms with Gasteiger partial charge in [0.15, 0.2) is 0 Å². The van der Waals surface area contributed by atoms with E-state index in [1.165, 1.54) is 11.1 Å². The van der Waals surface area contributed by atoms with Gasteiger partial charge in [-0.25, -0.2) is 0 Å². The molecule has 2 heteroatoms. The third kappa shape index (κ3) is 3.60. The van der Waals surface area contributed by atoms with E-state index in [-0.39, 0.29) is 0 Å². The van der Waals surface area contributed by atoms with E-state index < -0.39 is 0 Å². The fourth-order valence-electron chi connectivity index (χ4n) is 2.93. The number of hydrazine groups is 1. The molecule has 1 N–H and O–H groups in total. The molecule has 0 saturated heterocycles. The topological polar surface area (TPSA) is 15.3 Å². The van der Waals surface area contributed by atoms with Crippen LogP contribution < -0.4 is 10.4 Å². The van der Waals surface area contributed by atoms with Gasteiger partial charge >= 0.3 is 0 Å². The fraction of sp³-hybridized carbons (Fsp3) is 0. The monoisotopic (exact) mass is 336 g/mol. The molecular formula is C24H20N2. The molecule has 0 unspecified atom stereocenters. The first-order valence-electron chi connectivity index (χ1n) is 8.72. The Morgan fingerprint density at radius 1 is 0.423 bits per heavy atom. The highest BCUT2D eigenvalue weighted by atomic mass is 15.5. The molecule has 0 saturated carbocycles.